The average Bonchev–Trinajstić information content (AvgIpc) is 3.11. The highest BCUT2D eigenvalue weighted by atomic mass is 16.5. The van der Waals surface area contributed by atoms with Gasteiger partial charge in [0.25, 0.3) is 5.91 Å². The Balaban J connectivity index is 1.87. The van der Waals surface area contributed by atoms with Crippen LogP contribution >= 0.6 is 0 Å². The standard InChI is InChI=1S/C20H23NO3/c1-23-17-11-10-15(14-18(17)24-2)19(22)21-20(12-6-7-13-20)16-8-4-3-5-9-16/h3-5,8-11,14H,6-7,12-13H2,1-2H3,(H,21,22). The topological polar surface area (TPSA) is 47.6 Å². The van der Waals surface area contributed by atoms with Gasteiger partial charge in [0.15, 0.2) is 11.5 Å². The summed E-state index contributed by atoms with van der Waals surface area (Å²) < 4.78 is 10.5. The lowest BCUT2D eigenvalue weighted by molar-refractivity contribution is 0.0897. The fourth-order valence-electron chi connectivity index (χ4n) is 3.49. The molecule has 1 aliphatic carbocycles. The normalized spacial score (nSPS) is 15.8. The first-order valence-electron chi connectivity index (χ1n) is 8.28. The van der Waals surface area contributed by atoms with E-state index in [2.05, 4.69) is 17.4 Å². The second kappa shape index (κ2) is 6.95. The molecule has 4 nitrogen and oxygen atoms in total. The van der Waals surface area contributed by atoms with E-state index in [1.165, 1.54) is 5.56 Å². The summed E-state index contributed by atoms with van der Waals surface area (Å²) in [4.78, 5) is 12.8. The van der Waals surface area contributed by atoms with Crippen molar-refractivity contribution in [3.05, 3.63) is 59.7 Å². The van der Waals surface area contributed by atoms with Crippen LogP contribution in [0, 0.1) is 0 Å². The number of hydrogen-bond donors (Lipinski definition) is 1. The van der Waals surface area contributed by atoms with Gasteiger partial charge in [0.2, 0.25) is 0 Å². The summed E-state index contributed by atoms with van der Waals surface area (Å²) in [5.41, 5.74) is 1.48. The van der Waals surface area contributed by atoms with E-state index < -0.39 is 0 Å². The number of carbonyl (C=O) groups is 1. The van der Waals surface area contributed by atoms with E-state index in [9.17, 15) is 4.79 Å². The molecule has 1 amide bonds. The number of carbonyl (C=O) groups excluding carboxylic acids is 1. The zero-order valence-electron chi connectivity index (χ0n) is 14.2. The van der Waals surface area contributed by atoms with Crippen LogP contribution in [-0.4, -0.2) is 20.1 Å². The van der Waals surface area contributed by atoms with E-state index in [1.807, 2.05) is 18.2 Å². The maximum absolute atomic E-state index is 12.8. The smallest absolute Gasteiger partial charge is 0.252 e. The van der Waals surface area contributed by atoms with Crippen molar-refractivity contribution in [2.24, 2.45) is 0 Å². The first kappa shape index (κ1) is 16.4. The van der Waals surface area contributed by atoms with Crippen molar-refractivity contribution in [3.8, 4) is 11.5 Å². The molecule has 1 fully saturated rings. The molecule has 4 heteroatoms. The Labute approximate surface area is 142 Å². The largest absolute Gasteiger partial charge is 0.493 e. The lowest BCUT2D eigenvalue weighted by Crippen LogP contribution is -2.43. The van der Waals surface area contributed by atoms with Gasteiger partial charge in [0.05, 0.1) is 19.8 Å². The number of ether oxygens (including phenoxy) is 2. The minimum Gasteiger partial charge on any atom is -0.493 e. The predicted molar refractivity (Wildman–Crippen MR) is 93.6 cm³/mol. The van der Waals surface area contributed by atoms with Crippen LogP contribution in [-0.2, 0) is 5.54 Å². The molecule has 1 saturated carbocycles. The lowest BCUT2D eigenvalue weighted by atomic mass is 9.88. The molecule has 0 atom stereocenters. The number of nitrogens with one attached hydrogen (secondary N) is 1. The van der Waals surface area contributed by atoms with Crippen LogP contribution in [0.4, 0.5) is 0 Å². The zero-order chi connectivity index (χ0) is 17.0. The highest BCUT2D eigenvalue weighted by molar-refractivity contribution is 5.95. The van der Waals surface area contributed by atoms with Crippen molar-refractivity contribution < 1.29 is 14.3 Å². The van der Waals surface area contributed by atoms with Crippen molar-refractivity contribution in [1.29, 1.82) is 0 Å². The lowest BCUT2D eigenvalue weighted by Gasteiger charge is -2.31. The minimum atomic E-state index is -0.272. The molecule has 0 saturated heterocycles. The fraction of sp³-hybridized carbons (Fsp3) is 0.350. The number of benzene rings is 2. The number of rotatable bonds is 5. The van der Waals surface area contributed by atoms with Crippen molar-refractivity contribution in [3.63, 3.8) is 0 Å². The SMILES string of the molecule is COc1ccc(C(=O)NC2(c3ccccc3)CCCC2)cc1OC. The average molecular weight is 325 g/mol. The zero-order valence-corrected chi connectivity index (χ0v) is 14.2. The third-order valence-corrected chi connectivity index (χ3v) is 4.78. The summed E-state index contributed by atoms with van der Waals surface area (Å²) >= 11 is 0. The van der Waals surface area contributed by atoms with E-state index >= 15 is 0 Å². The van der Waals surface area contributed by atoms with Gasteiger partial charge in [-0.2, -0.15) is 0 Å². The third-order valence-electron chi connectivity index (χ3n) is 4.78. The molecule has 1 N–H and O–H groups in total. The van der Waals surface area contributed by atoms with Crippen molar-refractivity contribution in [1.82, 2.24) is 5.32 Å². The summed E-state index contributed by atoms with van der Waals surface area (Å²) in [6.07, 6.45) is 4.19. The van der Waals surface area contributed by atoms with Gasteiger partial charge in [-0.15, -0.1) is 0 Å². The quantitative estimate of drug-likeness (QED) is 0.907. The Kier molecular flexibility index (Phi) is 4.74. The van der Waals surface area contributed by atoms with Gasteiger partial charge < -0.3 is 14.8 Å². The molecule has 0 aliphatic heterocycles. The summed E-state index contributed by atoms with van der Waals surface area (Å²) in [5.74, 6) is 1.10. The molecule has 0 spiro atoms. The van der Waals surface area contributed by atoms with E-state index in [0.717, 1.165) is 25.7 Å². The molecule has 0 bridgehead atoms. The molecule has 24 heavy (non-hydrogen) atoms. The Morgan fingerprint density at radius 2 is 1.62 bits per heavy atom. The first-order chi connectivity index (χ1) is 11.7. The minimum absolute atomic E-state index is 0.0818. The highest BCUT2D eigenvalue weighted by Gasteiger charge is 2.37. The van der Waals surface area contributed by atoms with Gasteiger partial charge in [-0.3, -0.25) is 4.79 Å². The monoisotopic (exact) mass is 325 g/mol. The van der Waals surface area contributed by atoms with Crippen LogP contribution in [0.3, 0.4) is 0 Å². The van der Waals surface area contributed by atoms with Crippen molar-refractivity contribution in [2.45, 2.75) is 31.2 Å². The molecule has 126 valence electrons. The molecule has 2 aromatic rings. The van der Waals surface area contributed by atoms with Crippen molar-refractivity contribution >= 4 is 5.91 Å². The van der Waals surface area contributed by atoms with E-state index in [-0.39, 0.29) is 11.4 Å². The molecule has 2 aromatic carbocycles. The molecular weight excluding hydrogens is 302 g/mol. The van der Waals surface area contributed by atoms with Crippen LogP contribution in [0.1, 0.15) is 41.6 Å². The van der Waals surface area contributed by atoms with E-state index in [1.54, 1.807) is 32.4 Å². The van der Waals surface area contributed by atoms with Crippen molar-refractivity contribution in [2.75, 3.05) is 14.2 Å². The summed E-state index contributed by atoms with van der Waals surface area (Å²) in [5, 5.41) is 3.28. The van der Waals surface area contributed by atoms with Gasteiger partial charge in [-0.25, -0.2) is 0 Å². The molecule has 3 rings (SSSR count). The maximum Gasteiger partial charge on any atom is 0.252 e. The van der Waals surface area contributed by atoms with Crippen LogP contribution in [0.2, 0.25) is 0 Å². The second-order valence-corrected chi connectivity index (χ2v) is 6.18. The Morgan fingerprint density at radius 3 is 2.25 bits per heavy atom. The molecular formula is C20H23NO3. The molecule has 0 radical (unpaired) electrons. The number of amides is 1. The number of methoxy groups -OCH3 is 2. The molecule has 0 unspecified atom stereocenters. The molecule has 0 aromatic heterocycles. The number of hydrogen-bond acceptors (Lipinski definition) is 3. The van der Waals surface area contributed by atoms with Crippen LogP contribution in [0.15, 0.2) is 48.5 Å². The Morgan fingerprint density at radius 1 is 0.958 bits per heavy atom. The van der Waals surface area contributed by atoms with Gasteiger partial charge in [-0.1, -0.05) is 43.2 Å². The van der Waals surface area contributed by atoms with Gasteiger partial charge >= 0.3 is 0 Å². The van der Waals surface area contributed by atoms with Gasteiger partial charge in [-0.05, 0) is 36.6 Å². The predicted octanol–water partition coefficient (Wildman–Crippen LogP) is 3.90. The highest BCUT2D eigenvalue weighted by Crippen LogP contribution is 2.39. The third kappa shape index (κ3) is 3.09. The van der Waals surface area contributed by atoms with Gasteiger partial charge in [0.1, 0.15) is 0 Å². The van der Waals surface area contributed by atoms with Crippen LogP contribution in [0.25, 0.3) is 0 Å². The van der Waals surface area contributed by atoms with Crippen LogP contribution < -0.4 is 14.8 Å². The maximum atomic E-state index is 12.8. The van der Waals surface area contributed by atoms with E-state index in [4.69, 9.17) is 9.47 Å². The van der Waals surface area contributed by atoms with Crippen LogP contribution in [0.5, 0.6) is 11.5 Å². The Hall–Kier alpha value is -2.49. The fourth-order valence-corrected chi connectivity index (χ4v) is 3.49. The first-order valence-corrected chi connectivity index (χ1v) is 8.28. The summed E-state index contributed by atoms with van der Waals surface area (Å²) in [6, 6.07) is 15.5. The summed E-state index contributed by atoms with van der Waals surface area (Å²) in [7, 11) is 3.16. The Bertz CT molecular complexity index is 706. The molecule has 1 aliphatic rings. The molecule has 0 heterocycles. The van der Waals surface area contributed by atoms with Gasteiger partial charge in [0, 0.05) is 5.56 Å². The summed E-state index contributed by atoms with van der Waals surface area (Å²) in [6.45, 7) is 0. The second-order valence-electron chi connectivity index (χ2n) is 6.18. The van der Waals surface area contributed by atoms with E-state index in [0.29, 0.717) is 17.1 Å².